The van der Waals surface area contributed by atoms with Gasteiger partial charge in [-0.15, -0.1) is 0 Å². The van der Waals surface area contributed by atoms with E-state index in [1.165, 1.54) is 22.3 Å². The Morgan fingerprint density at radius 2 is 2.09 bits per heavy atom. The van der Waals surface area contributed by atoms with E-state index in [2.05, 4.69) is 49.9 Å². The van der Waals surface area contributed by atoms with Crippen molar-refractivity contribution < 1.29 is 4.79 Å². The Kier molecular flexibility index (Phi) is 4.89. The number of unbranched alkanes of at least 4 members (excludes halogenated alkanes) is 1. The topological polar surface area (TPSA) is 20.3 Å². The van der Waals surface area contributed by atoms with Gasteiger partial charge in [-0.05, 0) is 53.9 Å². The lowest BCUT2D eigenvalue weighted by molar-refractivity contribution is -0.133. The van der Waals surface area contributed by atoms with Crippen molar-refractivity contribution in [1.82, 2.24) is 4.90 Å². The van der Waals surface area contributed by atoms with E-state index in [-0.39, 0.29) is 0 Å². The molecular formula is C21H29NO. The number of benzene rings is 1. The molecule has 1 amide bonds. The van der Waals surface area contributed by atoms with Gasteiger partial charge < -0.3 is 4.90 Å². The highest BCUT2D eigenvalue weighted by molar-refractivity contribution is 5.83. The van der Waals surface area contributed by atoms with Crippen LogP contribution in [0.25, 0.3) is 5.57 Å². The van der Waals surface area contributed by atoms with Gasteiger partial charge in [0.05, 0.1) is 6.04 Å². The molecule has 1 aromatic rings. The molecule has 0 N–H and O–H groups in total. The molecule has 2 aliphatic rings. The first kappa shape index (κ1) is 16.3. The van der Waals surface area contributed by atoms with Crippen molar-refractivity contribution in [3.05, 3.63) is 41.0 Å². The summed E-state index contributed by atoms with van der Waals surface area (Å²) in [5.74, 6) is 0.969. The third kappa shape index (κ3) is 3.22. The average Bonchev–Trinajstić information content (AvgIpc) is 2.91. The predicted molar refractivity (Wildman–Crippen MR) is 96.2 cm³/mol. The second-order valence-corrected chi connectivity index (χ2v) is 7.42. The maximum absolute atomic E-state index is 12.7. The molecule has 0 saturated carbocycles. The van der Waals surface area contributed by atoms with Crippen LogP contribution in [0.3, 0.4) is 0 Å². The van der Waals surface area contributed by atoms with Crippen LogP contribution >= 0.6 is 0 Å². The van der Waals surface area contributed by atoms with E-state index < -0.39 is 0 Å². The van der Waals surface area contributed by atoms with Crippen molar-refractivity contribution >= 4 is 11.5 Å². The number of carbonyl (C=O) groups excluding carboxylic acids is 1. The number of carbonyl (C=O) groups is 1. The summed E-state index contributed by atoms with van der Waals surface area (Å²) in [7, 11) is 0. The average molecular weight is 311 g/mol. The monoisotopic (exact) mass is 311 g/mol. The van der Waals surface area contributed by atoms with Gasteiger partial charge >= 0.3 is 0 Å². The number of amides is 1. The summed E-state index contributed by atoms with van der Waals surface area (Å²) < 4.78 is 0. The summed E-state index contributed by atoms with van der Waals surface area (Å²) >= 11 is 0. The minimum Gasteiger partial charge on any atom is -0.336 e. The zero-order valence-electron chi connectivity index (χ0n) is 14.8. The Morgan fingerprint density at radius 3 is 2.83 bits per heavy atom. The van der Waals surface area contributed by atoms with E-state index in [1.54, 1.807) is 0 Å². The highest BCUT2D eigenvalue weighted by Gasteiger charge is 2.36. The minimum absolute atomic E-state index is 0.315. The first-order valence-corrected chi connectivity index (χ1v) is 9.21. The molecule has 2 nitrogen and oxygen atoms in total. The molecule has 0 saturated heterocycles. The molecule has 0 radical (unpaired) electrons. The quantitative estimate of drug-likeness (QED) is 0.762. The smallest absolute Gasteiger partial charge is 0.223 e. The van der Waals surface area contributed by atoms with Gasteiger partial charge in [-0.25, -0.2) is 0 Å². The fourth-order valence-corrected chi connectivity index (χ4v) is 4.13. The molecule has 2 heteroatoms. The Morgan fingerprint density at radius 1 is 1.30 bits per heavy atom. The Labute approximate surface area is 140 Å². The van der Waals surface area contributed by atoms with Crippen LogP contribution in [0.4, 0.5) is 0 Å². The zero-order chi connectivity index (χ0) is 16.4. The van der Waals surface area contributed by atoms with Crippen molar-refractivity contribution in [1.29, 1.82) is 0 Å². The van der Waals surface area contributed by atoms with Crippen molar-refractivity contribution in [3.63, 3.8) is 0 Å². The van der Waals surface area contributed by atoms with Crippen LogP contribution in [-0.4, -0.2) is 23.4 Å². The van der Waals surface area contributed by atoms with Crippen molar-refractivity contribution in [2.24, 2.45) is 5.92 Å². The third-order valence-corrected chi connectivity index (χ3v) is 5.25. The van der Waals surface area contributed by atoms with E-state index in [9.17, 15) is 4.79 Å². The largest absolute Gasteiger partial charge is 0.336 e. The maximum Gasteiger partial charge on any atom is 0.223 e. The number of rotatable bonds is 5. The molecule has 1 unspecified atom stereocenters. The fourth-order valence-electron chi connectivity index (χ4n) is 4.13. The van der Waals surface area contributed by atoms with E-state index in [0.717, 1.165) is 38.6 Å². The molecule has 0 fully saturated rings. The van der Waals surface area contributed by atoms with Crippen LogP contribution in [-0.2, 0) is 11.2 Å². The molecule has 0 spiro atoms. The molecular weight excluding hydrogens is 282 g/mol. The van der Waals surface area contributed by atoms with Crippen molar-refractivity contribution in [2.75, 3.05) is 6.54 Å². The van der Waals surface area contributed by atoms with Crippen LogP contribution < -0.4 is 0 Å². The second-order valence-electron chi connectivity index (χ2n) is 7.42. The van der Waals surface area contributed by atoms with Crippen LogP contribution in [0.2, 0.25) is 0 Å². The summed E-state index contributed by atoms with van der Waals surface area (Å²) in [4.78, 5) is 14.9. The van der Waals surface area contributed by atoms with Gasteiger partial charge in [-0.3, -0.25) is 4.79 Å². The number of hydrogen-bond acceptors (Lipinski definition) is 1. The fraction of sp³-hybridized carbons (Fsp3) is 0.571. The van der Waals surface area contributed by atoms with Crippen LogP contribution in [0.5, 0.6) is 0 Å². The van der Waals surface area contributed by atoms with Gasteiger partial charge in [-0.1, -0.05) is 51.5 Å². The first-order valence-electron chi connectivity index (χ1n) is 9.21. The van der Waals surface area contributed by atoms with Crippen LogP contribution in [0.1, 0.15) is 64.0 Å². The van der Waals surface area contributed by atoms with Crippen LogP contribution in [0.15, 0.2) is 29.8 Å². The molecule has 3 rings (SSSR count). The van der Waals surface area contributed by atoms with E-state index in [1.807, 2.05) is 0 Å². The molecule has 124 valence electrons. The summed E-state index contributed by atoms with van der Waals surface area (Å²) in [6, 6.07) is 9.11. The lowest BCUT2D eigenvalue weighted by Crippen LogP contribution is -2.45. The Balaban J connectivity index is 1.88. The standard InChI is InChI=1S/C21H29NO/c1-4-5-10-21(23)22-12-11-18-17-9-7-6-8-16(17)14-19(18)20(22)13-15(2)3/h6-9,15,20H,4-5,10-14H2,1-3H3. The van der Waals surface area contributed by atoms with Gasteiger partial charge in [0.1, 0.15) is 0 Å². The molecule has 1 aliphatic carbocycles. The summed E-state index contributed by atoms with van der Waals surface area (Å²) in [5, 5.41) is 0. The van der Waals surface area contributed by atoms with Crippen molar-refractivity contribution in [2.45, 2.75) is 65.3 Å². The van der Waals surface area contributed by atoms with Crippen molar-refractivity contribution in [3.8, 4) is 0 Å². The summed E-state index contributed by atoms with van der Waals surface area (Å²) in [5.41, 5.74) is 5.95. The predicted octanol–water partition coefficient (Wildman–Crippen LogP) is 4.83. The molecule has 1 heterocycles. The van der Waals surface area contributed by atoms with Gasteiger partial charge in [0.25, 0.3) is 0 Å². The third-order valence-electron chi connectivity index (χ3n) is 5.25. The molecule has 23 heavy (non-hydrogen) atoms. The van der Waals surface area contributed by atoms with Gasteiger partial charge in [0, 0.05) is 13.0 Å². The van der Waals surface area contributed by atoms with E-state index in [4.69, 9.17) is 0 Å². The molecule has 1 aliphatic heterocycles. The molecule has 0 bridgehead atoms. The molecule has 1 aromatic carbocycles. The Bertz CT molecular complexity index is 614. The summed E-state index contributed by atoms with van der Waals surface area (Å²) in [6.07, 6.45) is 5.97. The summed E-state index contributed by atoms with van der Waals surface area (Å²) in [6.45, 7) is 7.59. The number of nitrogens with zero attached hydrogens (tertiary/aromatic N) is 1. The Hall–Kier alpha value is -1.57. The van der Waals surface area contributed by atoms with E-state index >= 15 is 0 Å². The van der Waals surface area contributed by atoms with E-state index in [0.29, 0.717) is 24.3 Å². The van der Waals surface area contributed by atoms with Crippen LogP contribution in [0, 0.1) is 5.92 Å². The minimum atomic E-state index is 0.315. The number of fused-ring (bicyclic) bond motifs is 2. The van der Waals surface area contributed by atoms with Gasteiger partial charge in [0.2, 0.25) is 5.91 Å². The zero-order valence-corrected chi connectivity index (χ0v) is 14.8. The van der Waals surface area contributed by atoms with Gasteiger partial charge in [0.15, 0.2) is 0 Å². The SMILES string of the molecule is CCCCC(=O)N1CCC2=C(Cc3ccccc32)C1CC(C)C. The molecule has 0 aromatic heterocycles. The maximum atomic E-state index is 12.7. The molecule has 1 atom stereocenters. The second kappa shape index (κ2) is 6.90. The normalized spacial score (nSPS) is 20.0. The number of hydrogen-bond donors (Lipinski definition) is 0. The first-order chi connectivity index (χ1) is 11.1. The highest BCUT2D eigenvalue weighted by atomic mass is 16.2. The lowest BCUT2D eigenvalue weighted by Gasteiger charge is -2.38. The highest BCUT2D eigenvalue weighted by Crippen LogP contribution is 2.42. The lowest BCUT2D eigenvalue weighted by atomic mass is 9.87. The van der Waals surface area contributed by atoms with Gasteiger partial charge in [-0.2, -0.15) is 0 Å².